The van der Waals surface area contributed by atoms with E-state index in [1.54, 1.807) is 18.7 Å². The number of nitrogens with one attached hydrogen (secondary N) is 1. The fraction of sp³-hybridized carbons (Fsp3) is 0.200. The third-order valence-electron chi connectivity index (χ3n) is 3.60. The molecule has 0 atom stereocenters. The summed E-state index contributed by atoms with van der Waals surface area (Å²) < 4.78 is 5.96. The first kappa shape index (κ1) is 14.4. The highest BCUT2D eigenvalue weighted by Crippen LogP contribution is 2.29. The van der Waals surface area contributed by atoms with Crippen LogP contribution < -0.4 is 5.32 Å². The van der Waals surface area contributed by atoms with Crippen LogP contribution in [0.1, 0.15) is 15.4 Å². The number of thioether (sulfide) groups is 1. The first-order valence-corrected chi connectivity index (χ1v) is 8.87. The zero-order chi connectivity index (χ0) is 15.8. The second kappa shape index (κ2) is 5.78. The van der Waals surface area contributed by atoms with Gasteiger partial charge in [-0.3, -0.25) is 4.79 Å². The summed E-state index contributed by atoms with van der Waals surface area (Å²) in [6.07, 6.45) is 2.08. The molecule has 2 aromatic heterocycles. The van der Waals surface area contributed by atoms with Crippen molar-refractivity contribution in [2.45, 2.75) is 18.6 Å². The zero-order valence-electron chi connectivity index (χ0n) is 12.3. The molecule has 0 saturated heterocycles. The van der Waals surface area contributed by atoms with Gasteiger partial charge in [-0.25, -0.2) is 4.98 Å². The second-order valence-corrected chi connectivity index (χ2v) is 6.99. The number of aryl methyl sites for hydroxylation is 2. The summed E-state index contributed by atoms with van der Waals surface area (Å²) in [4.78, 5) is 17.3. The lowest BCUT2D eigenvalue weighted by atomic mass is 10.1. The van der Waals surface area contributed by atoms with Gasteiger partial charge in [0.05, 0.1) is 11.4 Å². The smallest absolute Gasteiger partial charge is 0.269 e. The predicted octanol–water partition coefficient (Wildman–Crippen LogP) is 3.07. The quantitative estimate of drug-likeness (QED) is 0.791. The van der Waals surface area contributed by atoms with E-state index in [9.17, 15) is 4.79 Å². The lowest BCUT2D eigenvalue weighted by Gasteiger charge is -2.04. The normalized spacial score (nSPS) is 13.1. The van der Waals surface area contributed by atoms with Crippen LogP contribution in [0.4, 0.5) is 5.69 Å². The largest absolute Gasteiger partial charge is 0.325 e. The topological polar surface area (TPSA) is 72.7 Å². The van der Waals surface area contributed by atoms with E-state index < -0.39 is 0 Å². The van der Waals surface area contributed by atoms with E-state index >= 15 is 0 Å². The lowest BCUT2D eigenvalue weighted by molar-refractivity contribution is 0.103. The number of nitrogens with zero attached hydrogens (tertiary/aromatic N) is 4. The summed E-state index contributed by atoms with van der Waals surface area (Å²) in [6.45, 7) is 2.79. The van der Waals surface area contributed by atoms with Gasteiger partial charge < -0.3 is 9.88 Å². The molecule has 1 aromatic carbocycles. The Bertz CT molecular complexity index is 847. The number of carbonyl (C=O) groups excluding carboxylic acids is 1. The number of hydrogen-bond donors (Lipinski definition) is 1. The predicted molar refractivity (Wildman–Crippen MR) is 91.0 cm³/mol. The minimum Gasteiger partial charge on any atom is -0.325 e. The van der Waals surface area contributed by atoms with Crippen molar-refractivity contribution >= 4 is 34.9 Å². The minimum atomic E-state index is -0.178. The average Bonchev–Trinajstić information content (AvgIpc) is 3.23. The van der Waals surface area contributed by atoms with E-state index in [1.807, 2.05) is 24.3 Å². The summed E-state index contributed by atoms with van der Waals surface area (Å²) in [5.41, 5.74) is 3.40. The number of anilines is 1. The molecule has 0 saturated carbocycles. The molecular formula is C15H13N5OS2. The molecule has 0 spiro atoms. The summed E-state index contributed by atoms with van der Waals surface area (Å²) in [5, 5.41) is 7.79. The number of fused-ring (bicyclic) bond motifs is 1. The molecule has 1 aliphatic heterocycles. The molecule has 3 heterocycles. The van der Waals surface area contributed by atoms with E-state index in [0.717, 1.165) is 45.9 Å². The van der Waals surface area contributed by atoms with Crippen LogP contribution in [0.3, 0.4) is 0 Å². The number of aromatic nitrogens is 4. The van der Waals surface area contributed by atoms with Gasteiger partial charge in [0.1, 0.15) is 4.88 Å². The number of benzene rings is 1. The van der Waals surface area contributed by atoms with Gasteiger partial charge in [0, 0.05) is 29.7 Å². The Morgan fingerprint density at radius 2 is 2.13 bits per heavy atom. The van der Waals surface area contributed by atoms with Gasteiger partial charge in [0.15, 0.2) is 5.16 Å². The molecule has 116 valence electrons. The maximum absolute atomic E-state index is 12.1. The van der Waals surface area contributed by atoms with Crippen molar-refractivity contribution in [2.75, 3.05) is 11.1 Å². The van der Waals surface area contributed by atoms with Crippen LogP contribution in [0.5, 0.6) is 0 Å². The van der Waals surface area contributed by atoms with Crippen LogP contribution >= 0.6 is 23.3 Å². The Labute approximate surface area is 141 Å². The number of rotatable bonds is 3. The van der Waals surface area contributed by atoms with Gasteiger partial charge >= 0.3 is 0 Å². The SMILES string of the molecule is Cc1nnsc1C(=O)Nc1ccc(-c2cn3c(n2)SCC3)cc1. The van der Waals surface area contributed by atoms with E-state index in [4.69, 9.17) is 0 Å². The van der Waals surface area contributed by atoms with E-state index in [2.05, 4.69) is 30.7 Å². The van der Waals surface area contributed by atoms with Crippen molar-refractivity contribution in [1.82, 2.24) is 19.1 Å². The molecule has 1 aliphatic rings. The zero-order valence-corrected chi connectivity index (χ0v) is 13.9. The van der Waals surface area contributed by atoms with E-state index in [0.29, 0.717) is 10.6 Å². The molecule has 4 rings (SSSR count). The van der Waals surface area contributed by atoms with Crippen molar-refractivity contribution in [3.63, 3.8) is 0 Å². The van der Waals surface area contributed by atoms with Gasteiger partial charge in [-0.05, 0) is 30.6 Å². The molecule has 0 radical (unpaired) electrons. The summed E-state index contributed by atoms with van der Waals surface area (Å²) >= 11 is 2.88. The fourth-order valence-electron chi connectivity index (χ4n) is 2.40. The van der Waals surface area contributed by atoms with Crippen LogP contribution in [0.15, 0.2) is 35.6 Å². The third kappa shape index (κ3) is 2.75. The number of imidazole rings is 1. The Morgan fingerprint density at radius 1 is 1.30 bits per heavy atom. The Balaban J connectivity index is 1.51. The maximum atomic E-state index is 12.1. The fourth-order valence-corrected chi connectivity index (χ4v) is 3.90. The Morgan fingerprint density at radius 3 is 2.83 bits per heavy atom. The monoisotopic (exact) mass is 343 g/mol. The minimum absolute atomic E-state index is 0.178. The molecule has 3 aromatic rings. The van der Waals surface area contributed by atoms with Gasteiger partial charge in [0.2, 0.25) is 0 Å². The Hall–Kier alpha value is -2.19. The van der Waals surface area contributed by atoms with Gasteiger partial charge in [-0.2, -0.15) is 0 Å². The highest BCUT2D eigenvalue weighted by Gasteiger charge is 2.16. The Kier molecular flexibility index (Phi) is 3.62. The van der Waals surface area contributed by atoms with Gasteiger partial charge in [-0.1, -0.05) is 28.4 Å². The first-order chi connectivity index (χ1) is 11.2. The number of amides is 1. The highest BCUT2D eigenvalue weighted by atomic mass is 32.2. The summed E-state index contributed by atoms with van der Waals surface area (Å²) in [7, 11) is 0. The number of carbonyl (C=O) groups is 1. The van der Waals surface area contributed by atoms with Crippen LogP contribution in [-0.4, -0.2) is 30.8 Å². The van der Waals surface area contributed by atoms with Crippen LogP contribution in [0.25, 0.3) is 11.3 Å². The molecule has 1 N–H and O–H groups in total. The summed E-state index contributed by atoms with van der Waals surface area (Å²) in [6, 6.07) is 7.70. The van der Waals surface area contributed by atoms with E-state index in [-0.39, 0.29) is 5.91 Å². The van der Waals surface area contributed by atoms with Crippen molar-refractivity contribution < 1.29 is 4.79 Å². The molecular weight excluding hydrogens is 330 g/mol. The second-order valence-electron chi connectivity index (χ2n) is 5.17. The van der Waals surface area contributed by atoms with Gasteiger partial charge in [-0.15, -0.1) is 5.10 Å². The molecule has 0 unspecified atom stereocenters. The van der Waals surface area contributed by atoms with Crippen molar-refractivity contribution in [2.24, 2.45) is 0 Å². The molecule has 0 fully saturated rings. The van der Waals surface area contributed by atoms with Crippen LogP contribution in [-0.2, 0) is 6.54 Å². The summed E-state index contributed by atoms with van der Waals surface area (Å²) in [5.74, 6) is 0.919. The maximum Gasteiger partial charge on any atom is 0.269 e. The van der Waals surface area contributed by atoms with Crippen LogP contribution in [0, 0.1) is 6.92 Å². The molecule has 0 aliphatic carbocycles. The molecule has 1 amide bonds. The standard InChI is InChI=1S/C15H13N5OS2/c1-9-13(23-19-18-9)14(21)16-11-4-2-10(3-5-11)12-8-20-6-7-22-15(20)17-12/h2-5,8H,6-7H2,1H3,(H,16,21). The van der Waals surface area contributed by atoms with E-state index in [1.165, 1.54) is 0 Å². The molecule has 23 heavy (non-hydrogen) atoms. The molecule has 0 bridgehead atoms. The van der Waals surface area contributed by atoms with Crippen molar-refractivity contribution in [1.29, 1.82) is 0 Å². The lowest BCUT2D eigenvalue weighted by Crippen LogP contribution is -2.11. The van der Waals surface area contributed by atoms with Crippen molar-refractivity contribution in [3.8, 4) is 11.3 Å². The van der Waals surface area contributed by atoms with Crippen molar-refractivity contribution in [3.05, 3.63) is 41.0 Å². The third-order valence-corrected chi connectivity index (χ3v) is 5.40. The average molecular weight is 343 g/mol. The van der Waals surface area contributed by atoms with Crippen LogP contribution in [0.2, 0.25) is 0 Å². The number of hydrogen-bond acceptors (Lipinski definition) is 6. The molecule has 6 nitrogen and oxygen atoms in total. The highest BCUT2D eigenvalue weighted by molar-refractivity contribution is 7.99. The van der Waals surface area contributed by atoms with Gasteiger partial charge in [0.25, 0.3) is 5.91 Å². The molecule has 8 heteroatoms. The first-order valence-electron chi connectivity index (χ1n) is 7.11.